The highest BCUT2D eigenvalue weighted by molar-refractivity contribution is 5.73. The molecular weight excluding hydrogens is 376 g/mol. The second kappa shape index (κ2) is 12.0. The number of rotatable bonds is 9. The van der Waals surface area contributed by atoms with E-state index in [4.69, 9.17) is 19.3 Å². The summed E-state index contributed by atoms with van der Waals surface area (Å²) in [6.07, 6.45) is 7.70. The Morgan fingerprint density at radius 2 is 2.10 bits per heavy atom. The molecule has 7 nitrogen and oxygen atoms in total. The van der Waals surface area contributed by atoms with Gasteiger partial charge in [0.25, 0.3) is 0 Å². The van der Waals surface area contributed by atoms with E-state index in [9.17, 15) is 9.90 Å². The Morgan fingerprint density at radius 3 is 2.69 bits per heavy atom. The molecule has 160 valence electrons. The first-order valence-corrected chi connectivity index (χ1v) is 10.0. The fourth-order valence-electron chi connectivity index (χ4n) is 2.86. The van der Waals surface area contributed by atoms with E-state index in [1.54, 1.807) is 24.3 Å². The maximum absolute atomic E-state index is 10.5. The van der Waals surface area contributed by atoms with Crippen LogP contribution in [0.4, 0.5) is 0 Å². The first-order valence-electron chi connectivity index (χ1n) is 10.0. The van der Waals surface area contributed by atoms with Crippen molar-refractivity contribution in [3.8, 4) is 11.5 Å². The number of unbranched alkanes of at least 4 members (excludes halogenated alkanes) is 1. The summed E-state index contributed by atoms with van der Waals surface area (Å²) in [4.78, 5) is 9.96. The minimum atomic E-state index is -0.157. The highest BCUT2D eigenvalue weighted by Crippen LogP contribution is 2.39. The van der Waals surface area contributed by atoms with E-state index in [0.717, 1.165) is 25.7 Å². The summed E-state index contributed by atoms with van der Waals surface area (Å²) >= 11 is 0. The van der Waals surface area contributed by atoms with Crippen molar-refractivity contribution in [2.45, 2.75) is 52.1 Å². The monoisotopic (exact) mass is 406 g/mol. The number of para-hydroxylation sites is 1. The van der Waals surface area contributed by atoms with Gasteiger partial charge in [-0.05, 0) is 31.1 Å². The molecule has 0 aromatic heterocycles. The minimum absolute atomic E-state index is 0.0739. The van der Waals surface area contributed by atoms with Crippen LogP contribution in [0.3, 0.4) is 0 Å². The smallest absolute Gasteiger partial charge is 0.314 e. The van der Waals surface area contributed by atoms with Crippen molar-refractivity contribution in [2.24, 2.45) is 0 Å². The zero-order chi connectivity index (χ0) is 21.1. The Balaban J connectivity index is 0.000000426. The van der Waals surface area contributed by atoms with E-state index in [2.05, 4.69) is 18.6 Å². The number of cyclic esters (lactones) is 1. The van der Waals surface area contributed by atoms with E-state index in [1.165, 1.54) is 6.26 Å². The van der Waals surface area contributed by atoms with Crippen LogP contribution in [-0.4, -0.2) is 42.1 Å². The Kier molecular flexibility index (Phi) is 9.37. The Labute approximate surface area is 171 Å². The molecule has 0 radical (unpaired) electrons. The molecule has 29 heavy (non-hydrogen) atoms. The van der Waals surface area contributed by atoms with Crippen LogP contribution in [0.25, 0.3) is 5.76 Å². The van der Waals surface area contributed by atoms with Crippen LogP contribution in [-0.2, 0) is 14.3 Å². The average Bonchev–Trinajstić information content (AvgIpc) is 3.22. The van der Waals surface area contributed by atoms with Gasteiger partial charge in [0.15, 0.2) is 23.0 Å². The second-order valence-electron chi connectivity index (χ2n) is 6.62. The third-order valence-electron chi connectivity index (χ3n) is 4.42. The van der Waals surface area contributed by atoms with E-state index in [-0.39, 0.29) is 37.7 Å². The number of fused-ring (bicyclic) bond motifs is 1. The lowest BCUT2D eigenvalue weighted by atomic mass is 10.1. The number of hydrogen-bond acceptors (Lipinski definition) is 7. The summed E-state index contributed by atoms with van der Waals surface area (Å²) in [7, 11) is 0. The van der Waals surface area contributed by atoms with E-state index in [0.29, 0.717) is 29.2 Å². The minimum Gasteiger partial charge on any atom is -0.504 e. The number of aliphatic hydroxyl groups excluding tert-OH is 2. The number of aliphatic hydroxyl groups is 2. The predicted octanol–water partition coefficient (Wildman–Crippen LogP) is 4.11. The number of esters is 1. The molecule has 2 aliphatic heterocycles. The lowest BCUT2D eigenvalue weighted by molar-refractivity contribution is -0.135. The topological polar surface area (TPSA) is 94.5 Å². The molecule has 0 saturated heterocycles. The lowest BCUT2D eigenvalue weighted by Crippen LogP contribution is -2.20. The summed E-state index contributed by atoms with van der Waals surface area (Å²) in [5.74, 6) is 1.43. The van der Waals surface area contributed by atoms with Gasteiger partial charge in [-0.25, -0.2) is 0 Å². The molecule has 0 amide bonds. The number of carbonyl (C=O) groups excluding carboxylic acids is 1. The van der Waals surface area contributed by atoms with Gasteiger partial charge < -0.3 is 29.2 Å². The van der Waals surface area contributed by atoms with Gasteiger partial charge in [-0.15, -0.1) is 0 Å². The SMILES string of the molecule is CCCCC(CC)OC1=C(O)c2cccc(OCCO)c2OC1.O=C1CC=CO1. The van der Waals surface area contributed by atoms with Crippen molar-refractivity contribution in [1.82, 2.24) is 0 Å². The normalized spacial score (nSPS) is 15.6. The highest BCUT2D eigenvalue weighted by Gasteiger charge is 2.25. The second-order valence-corrected chi connectivity index (χ2v) is 6.62. The van der Waals surface area contributed by atoms with Crippen molar-refractivity contribution in [2.75, 3.05) is 19.8 Å². The molecule has 2 N–H and O–H groups in total. The molecular formula is C22H30O7. The molecule has 7 heteroatoms. The van der Waals surface area contributed by atoms with E-state index in [1.807, 2.05) is 0 Å². The fourth-order valence-corrected chi connectivity index (χ4v) is 2.86. The highest BCUT2D eigenvalue weighted by atomic mass is 16.6. The molecule has 0 spiro atoms. The maximum Gasteiger partial charge on any atom is 0.314 e. The van der Waals surface area contributed by atoms with Gasteiger partial charge in [-0.3, -0.25) is 4.79 Å². The fraction of sp³-hybridized carbons (Fsp3) is 0.500. The van der Waals surface area contributed by atoms with Gasteiger partial charge in [0, 0.05) is 0 Å². The Bertz CT molecular complexity index is 714. The number of benzene rings is 1. The first kappa shape index (κ1) is 22.6. The van der Waals surface area contributed by atoms with Crippen LogP contribution in [0.2, 0.25) is 0 Å². The zero-order valence-corrected chi connectivity index (χ0v) is 17.1. The van der Waals surface area contributed by atoms with Gasteiger partial charge in [0.1, 0.15) is 13.2 Å². The van der Waals surface area contributed by atoms with Gasteiger partial charge in [0.2, 0.25) is 0 Å². The number of hydrogen-bond donors (Lipinski definition) is 2. The predicted molar refractivity (Wildman–Crippen MR) is 109 cm³/mol. The molecule has 2 aliphatic rings. The quantitative estimate of drug-likeness (QED) is 0.596. The Hall–Kier alpha value is -2.67. The van der Waals surface area contributed by atoms with Gasteiger partial charge in [-0.2, -0.15) is 0 Å². The van der Waals surface area contributed by atoms with Crippen LogP contribution >= 0.6 is 0 Å². The van der Waals surface area contributed by atoms with Crippen molar-refractivity contribution in [3.05, 3.63) is 41.9 Å². The molecule has 2 heterocycles. The van der Waals surface area contributed by atoms with Crippen LogP contribution in [0.1, 0.15) is 51.5 Å². The van der Waals surface area contributed by atoms with Crippen LogP contribution in [0, 0.1) is 0 Å². The number of ether oxygens (including phenoxy) is 4. The van der Waals surface area contributed by atoms with Crippen molar-refractivity contribution >= 4 is 11.7 Å². The molecule has 0 saturated carbocycles. The van der Waals surface area contributed by atoms with E-state index >= 15 is 0 Å². The average molecular weight is 406 g/mol. The molecule has 1 aromatic carbocycles. The summed E-state index contributed by atoms with van der Waals surface area (Å²) in [5.41, 5.74) is 0.562. The molecule has 1 atom stereocenters. The third kappa shape index (κ3) is 6.71. The first-order chi connectivity index (χ1) is 14.1. The van der Waals surface area contributed by atoms with Gasteiger partial charge in [0.05, 0.1) is 31.0 Å². The molecule has 0 aliphatic carbocycles. The van der Waals surface area contributed by atoms with Crippen molar-refractivity contribution in [3.63, 3.8) is 0 Å². The molecule has 0 bridgehead atoms. The molecule has 3 rings (SSSR count). The largest absolute Gasteiger partial charge is 0.504 e. The molecule has 1 unspecified atom stereocenters. The van der Waals surface area contributed by atoms with Crippen molar-refractivity contribution in [1.29, 1.82) is 0 Å². The third-order valence-corrected chi connectivity index (χ3v) is 4.42. The van der Waals surface area contributed by atoms with E-state index < -0.39 is 0 Å². The van der Waals surface area contributed by atoms with Crippen LogP contribution in [0.5, 0.6) is 11.5 Å². The van der Waals surface area contributed by atoms with Gasteiger partial charge in [-0.1, -0.05) is 32.8 Å². The standard InChI is InChI=1S/C18H26O5.C4H4O2/c1-3-5-7-13(4-2)23-16-12-22-18-14(17(16)20)8-6-9-15(18)21-11-10-19;5-4-2-1-3-6-4/h6,8-9,13,19-20H,3-5,7,10-12H2,1-2H3;1,3H,2H2. The summed E-state index contributed by atoms with van der Waals surface area (Å²) < 4.78 is 21.5. The summed E-state index contributed by atoms with van der Waals surface area (Å²) in [5, 5.41) is 19.4. The zero-order valence-electron chi connectivity index (χ0n) is 17.1. The van der Waals surface area contributed by atoms with Gasteiger partial charge >= 0.3 is 5.97 Å². The summed E-state index contributed by atoms with van der Waals surface area (Å²) in [6.45, 7) is 4.52. The molecule has 0 fully saturated rings. The summed E-state index contributed by atoms with van der Waals surface area (Å²) in [6, 6.07) is 5.30. The lowest BCUT2D eigenvalue weighted by Gasteiger charge is -2.26. The van der Waals surface area contributed by atoms with Crippen LogP contribution in [0.15, 0.2) is 36.3 Å². The maximum atomic E-state index is 10.5. The van der Waals surface area contributed by atoms with Crippen molar-refractivity contribution < 1.29 is 34.0 Å². The number of carbonyl (C=O) groups is 1. The Morgan fingerprint density at radius 1 is 1.28 bits per heavy atom. The molecule has 1 aromatic rings. The van der Waals surface area contributed by atoms with Crippen LogP contribution < -0.4 is 9.47 Å².